The van der Waals surface area contributed by atoms with E-state index in [9.17, 15) is 0 Å². The molecule has 0 spiro atoms. The van der Waals surface area contributed by atoms with E-state index in [1.54, 1.807) is 18.4 Å². The van der Waals surface area contributed by atoms with Crippen molar-refractivity contribution in [2.24, 2.45) is 0 Å². The van der Waals surface area contributed by atoms with E-state index < -0.39 is 0 Å². The van der Waals surface area contributed by atoms with Gasteiger partial charge in [-0.3, -0.25) is 4.90 Å². The third-order valence-corrected chi connectivity index (χ3v) is 5.18. The third-order valence-electron chi connectivity index (χ3n) is 4.23. The summed E-state index contributed by atoms with van der Waals surface area (Å²) in [6.07, 6.45) is 0. The van der Waals surface area contributed by atoms with Crippen molar-refractivity contribution >= 4 is 16.5 Å². The molecule has 0 unspecified atom stereocenters. The Bertz CT molecular complexity index is 426. The molecular formula is C13H23N5OS. The van der Waals surface area contributed by atoms with Gasteiger partial charge in [-0.05, 0) is 6.54 Å². The normalized spacial score (nSPS) is 22.2. The molecule has 2 fully saturated rings. The smallest absolute Gasteiger partial charge is 0.208 e. The van der Waals surface area contributed by atoms with Crippen molar-refractivity contribution in [1.29, 1.82) is 0 Å². The fourth-order valence-electron chi connectivity index (χ4n) is 2.84. The van der Waals surface area contributed by atoms with Crippen LogP contribution < -0.4 is 4.90 Å². The number of nitrogens with zero attached hydrogens (tertiary/aromatic N) is 5. The Balaban J connectivity index is 1.46. The minimum Gasteiger partial charge on any atom is -0.377 e. The third kappa shape index (κ3) is 2.95. The molecule has 3 rings (SSSR count). The molecule has 2 aliphatic rings. The van der Waals surface area contributed by atoms with Crippen LogP contribution in [0.1, 0.15) is 11.9 Å². The quantitative estimate of drug-likeness (QED) is 0.789. The predicted octanol–water partition coefficient (Wildman–Crippen LogP) is 0.511. The maximum absolute atomic E-state index is 5.09. The minimum atomic E-state index is 0.563. The highest BCUT2D eigenvalue weighted by molar-refractivity contribution is 7.15. The van der Waals surface area contributed by atoms with Crippen LogP contribution in [-0.2, 0) is 11.3 Å². The summed E-state index contributed by atoms with van der Waals surface area (Å²) in [7, 11) is 1.69. The van der Waals surface area contributed by atoms with Gasteiger partial charge in [0, 0.05) is 52.4 Å². The number of aromatic nitrogens is 2. The molecule has 0 atom stereocenters. The van der Waals surface area contributed by atoms with Gasteiger partial charge in [-0.2, -0.15) is 0 Å². The first-order valence-corrected chi connectivity index (χ1v) is 8.14. The van der Waals surface area contributed by atoms with E-state index in [0.29, 0.717) is 12.6 Å². The van der Waals surface area contributed by atoms with Crippen LogP contribution >= 0.6 is 11.3 Å². The monoisotopic (exact) mass is 297 g/mol. The summed E-state index contributed by atoms with van der Waals surface area (Å²) in [5, 5.41) is 10.4. The molecule has 0 aliphatic carbocycles. The molecular weight excluding hydrogens is 274 g/mol. The van der Waals surface area contributed by atoms with Gasteiger partial charge in [0.2, 0.25) is 5.13 Å². The number of hydrogen-bond donors (Lipinski definition) is 0. The standard InChI is InChI=1S/C13H23N5OS/c1-3-16-4-6-17(7-5-16)11-8-18(9-11)13-15-14-12(20-13)10-19-2/h11H,3-10H2,1-2H3. The molecule has 0 saturated carbocycles. The summed E-state index contributed by atoms with van der Waals surface area (Å²) in [5.74, 6) is 0. The van der Waals surface area contributed by atoms with Gasteiger partial charge in [0.15, 0.2) is 0 Å². The van der Waals surface area contributed by atoms with E-state index in [1.807, 2.05) is 0 Å². The van der Waals surface area contributed by atoms with Crippen molar-refractivity contribution < 1.29 is 4.74 Å². The summed E-state index contributed by atoms with van der Waals surface area (Å²) >= 11 is 1.65. The summed E-state index contributed by atoms with van der Waals surface area (Å²) in [6.45, 7) is 11.0. The first-order valence-electron chi connectivity index (χ1n) is 7.32. The van der Waals surface area contributed by atoms with Crippen molar-refractivity contribution in [3.63, 3.8) is 0 Å². The van der Waals surface area contributed by atoms with E-state index in [1.165, 1.54) is 32.7 Å². The molecule has 112 valence electrons. The van der Waals surface area contributed by atoms with Crippen molar-refractivity contribution in [1.82, 2.24) is 20.0 Å². The van der Waals surface area contributed by atoms with Gasteiger partial charge >= 0.3 is 0 Å². The van der Waals surface area contributed by atoms with Gasteiger partial charge in [-0.1, -0.05) is 18.3 Å². The van der Waals surface area contributed by atoms with Crippen LogP contribution in [-0.4, -0.2) is 79.0 Å². The lowest BCUT2D eigenvalue weighted by Gasteiger charge is -2.47. The van der Waals surface area contributed by atoms with E-state index >= 15 is 0 Å². The molecule has 1 aromatic heterocycles. The highest BCUT2D eigenvalue weighted by atomic mass is 32.1. The summed E-state index contributed by atoms with van der Waals surface area (Å²) in [5.41, 5.74) is 0. The Labute approximate surface area is 124 Å². The van der Waals surface area contributed by atoms with Crippen LogP contribution in [0.25, 0.3) is 0 Å². The summed E-state index contributed by atoms with van der Waals surface area (Å²) < 4.78 is 5.09. The Hall–Kier alpha value is -0.760. The zero-order chi connectivity index (χ0) is 13.9. The minimum absolute atomic E-state index is 0.563. The second-order valence-corrected chi connectivity index (χ2v) is 6.48. The van der Waals surface area contributed by atoms with E-state index in [-0.39, 0.29) is 0 Å². The topological polar surface area (TPSA) is 44.7 Å². The van der Waals surface area contributed by atoms with Gasteiger partial charge < -0.3 is 14.5 Å². The molecule has 2 saturated heterocycles. The molecule has 0 bridgehead atoms. The molecule has 0 aromatic carbocycles. The summed E-state index contributed by atoms with van der Waals surface area (Å²) in [6, 6.07) is 0.698. The Morgan fingerprint density at radius 3 is 2.60 bits per heavy atom. The number of ether oxygens (including phenoxy) is 1. The van der Waals surface area contributed by atoms with Gasteiger partial charge in [-0.15, -0.1) is 10.2 Å². The van der Waals surface area contributed by atoms with Crippen LogP contribution in [0.15, 0.2) is 0 Å². The molecule has 20 heavy (non-hydrogen) atoms. The largest absolute Gasteiger partial charge is 0.377 e. The van der Waals surface area contributed by atoms with Crippen molar-refractivity contribution in [3.05, 3.63) is 5.01 Å². The van der Waals surface area contributed by atoms with Crippen LogP contribution in [0.5, 0.6) is 0 Å². The first kappa shape index (κ1) is 14.2. The van der Waals surface area contributed by atoms with Crippen molar-refractivity contribution in [2.75, 3.05) is 57.8 Å². The first-order chi connectivity index (χ1) is 9.80. The Morgan fingerprint density at radius 2 is 1.95 bits per heavy atom. The van der Waals surface area contributed by atoms with Gasteiger partial charge in [0.1, 0.15) is 11.6 Å². The van der Waals surface area contributed by atoms with E-state index in [0.717, 1.165) is 23.2 Å². The fourth-order valence-corrected chi connectivity index (χ4v) is 3.67. The van der Waals surface area contributed by atoms with E-state index in [2.05, 4.69) is 31.8 Å². The number of rotatable bonds is 5. The lowest BCUT2D eigenvalue weighted by Crippen LogP contribution is -2.63. The number of piperazine rings is 1. The number of likely N-dealkylation sites (N-methyl/N-ethyl adjacent to an activating group) is 1. The van der Waals surface area contributed by atoms with Crippen LogP contribution in [0.3, 0.4) is 0 Å². The highest BCUT2D eigenvalue weighted by Gasteiger charge is 2.34. The number of methoxy groups -OCH3 is 1. The van der Waals surface area contributed by atoms with Crippen molar-refractivity contribution in [3.8, 4) is 0 Å². The lowest BCUT2D eigenvalue weighted by atomic mass is 10.1. The average molecular weight is 297 g/mol. The van der Waals surface area contributed by atoms with Crippen LogP contribution in [0.4, 0.5) is 5.13 Å². The number of hydrogen-bond acceptors (Lipinski definition) is 7. The van der Waals surface area contributed by atoms with Gasteiger partial charge in [-0.25, -0.2) is 0 Å². The second kappa shape index (κ2) is 6.34. The zero-order valence-corrected chi connectivity index (χ0v) is 13.1. The summed E-state index contributed by atoms with van der Waals surface area (Å²) in [4.78, 5) is 7.47. The fraction of sp³-hybridized carbons (Fsp3) is 0.846. The molecule has 3 heterocycles. The van der Waals surface area contributed by atoms with Crippen molar-refractivity contribution in [2.45, 2.75) is 19.6 Å². The Kier molecular flexibility index (Phi) is 4.50. The molecule has 7 heteroatoms. The lowest BCUT2D eigenvalue weighted by molar-refractivity contribution is 0.0861. The average Bonchev–Trinajstić information content (AvgIpc) is 2.87. The van der Waals surface area contributed by atoms with Gasteiger partial charge in [0.25, 0.3) is 0 Å². The molecule has 0 N–H and O–H groups in total. The molecule has 6 nitrogen and oxygen atoms in total. The maximum Gasteiger partial charge on any atom is 0.208 e. The van der Waals surface area contributed by atoms with E-state index in [4.69, 9.17) is 4.74 Å². The highest BCUT2D eigenvalue weighted by Crippen LogP contribution is 2.27. The van der Waals surface area contributed by atoms with Gasteiger partial charge in [0.05, 0.1) is 0 Å². The molecule has 0 amide bonds. The zero-order valence-electron chi connectivity index (χ0n) is 12.3. The second-order valence-electron chi connectivity index (χ2n) is 5.44. The molecule has 0 radical (unpaired) electrons. The molecule has 1 aromatic rings. The Morgan fingerprint density at radius 1 is 1.20 bits per heavy atom. The molecule has 2 aliphatic heterocycles. The number of anilines is 1. The predicted molar refractivity (Wildman–Crippen MR) is 80.3 cm³/mol. The van der Waals surface area contributed by atoms with Crippen LogP contribution in [0, 0.1) is 0 Å². The SMILES string of the molecule is CCN1CCN(C2CN(c3nnc(COC)s3)C2)CC1. The maximum atomic E-state index is 5.09. The van der Waals surface area contributed by atoms with Crippen LogP contribution in [0.2, 0.25) is 0 Å².